The molecule has 0 amide bonds. The lowest BCUT2D eigenvalue weighted by Crippen LogP contribution is -2.11. The molecule has 0 radical (unpaired) electrons. The summed E-state index contributed by atoms with van der Waals surface area (Å²) in [5, 5.41) is 0. The van der Waals surface area contributed by atoms with Crippen molar-refractivity contribution in [3.8, 4) is 0 Å². The third-order valence-electron chi connectivity index (χ3n) is 2.28. The first-order valence-corrected chi connectivity index (χ1v) is 5.11. The summed E-state index contributed by atoms with van der Waals surface area (Å²) in [4.78, 5) is 23.6. The highest BCUT2D eigenvalue weighted by atomic mass is 16.5. The van der Waals surface area contributed by atoms with Gasteiger partial charge in [-0.25, -0.2) is 4.79 Å². The lowest BCUT2D eigenvalue weighted by molar-refractivity contribution is -0.104. The van der Waals surface area contributed by atoms with Gasteiger partial charge in [0.05, 0.1) is 12.7 Å². The van der Waals surface area contributed by atoms with E-state index in [0.29, 0.717) is 11.8 Å². The van der Waals surface area contributed by atoms with Crippen molar-refractivity contribution < 1.29 is 14.3 Å². The number of aldehydes is 1. The maximum absolute atomic E-state index is 11.4. The fraction of sp³-hybridized carbons (Fsp3) is 0.231. The first-order chi connectivity index (χ1) is 8.10. The number of hydrogen-bond donors (Lipinski definition) is 0. The highest BCUT2D eigenvalue weighted by molar-refractivity contribution is 5.91. The molecule has 17 heavy (non-hydrogen) atoms. The molecule has 0 aliphatic carbocycles. The molecule has 0 saturated carbocycles. The summed E-state index contributed by atoms with van der Waals surface area (Å²) < 4.78 is 4.65. The smallest absolute Gasteiger partial charge is 0.337 e. The number of rotatable bonds is 4. The zero-order valence-corrected chi connectivity index (χ0v) is 10.1. The maximum atomic E-state index is 11.4. The average Bonchev–Trinajstić information content (AvgIpc) is 2.34. The summed E-state index contributed by atoms with van der Waals surface area (Å²) >= 11 is 0. The molecule has 4 nitrogen and oxygen atoms in total. The summed E-state index contributed by atoms with van der Waals surface area (Å²) in [6, 6.07) is 5.21. The molecule has 0 atom stereocenters. The van der Waals surface area contributed by atoms with Crippen molar-refractivity contribution in [3.05, 3.63) is 35.4 Å². The van der Waals surface area contributed by atoms with E-state index < -0.39 is 5.97 Å². The zero-order chi connectivity index (χ0) is 12.8. The third kappa shape index (κ3) is 3.17. The third-order valence-corrected chi connectivity index (χ3v) is 2.28. The maximum Gasteiger partial charge on any atom is 0.337 e. The second-order valence-electron chi connectivity index (χ2n) is 3.65. The number of benzene rings is 1. The fourth-order valence-electron chi connectivity index (χ4n) is 1.48. The van der Waals surface area contributed by atoms with Gasteiger partial charge in [0.15, 0.2) is 0 Å². The summed E-state index contributed by atoms with van der Waals surface area (Å²) in [7, 11) is 5.12. The summed E-state index contributed by atoms with van der Waals surface area (Å²) in [5.41, 5.74) is 2.18. The largest absolute Gasteiger partial charge is 0.465 e. The first-order valence-electron chi connectivity index (χ1n) is 5.11. The lowest BCUT2D eigenvalue weighted by Gasteiger charge is -2.16. The molecule has 0 heterocycles. The van der Waals surface area contributed by atoms with E-state index in [9.17, 15) is 9.59 Å². The van der Waals surface area contributed by atoms with E-state index in [4.69, 9.17) is 0 Å². The van der Waals surface area contributed by atoms with Gasteiger partial charge in [0.1, 0.15) is 6.29 Å². The number of allylic oxidation sites excluding steroid dienone is 1. The monoisotopic (exact) mass is 233 g/mol. The number of nitrogens with zero attached hydrogens (tertiary/aromatic N) is 1. The molecule has 0 N–H and O–H groups in total. The van der Waals surface area contributed by atoms with Crippen molar-refractivity contribution in [2.75, 3.05) is 26.1 Å². The van der Waals surface area contributed by atoms with Crippen molar-refractivity contribution in [1.82, 2.24) is 0 Å². The van der Waals surface area contributed by atoms with Crippen LogP contribution in [0.3, 0.4) is 0 Å². The standard InChI is InChI=1S/C13H15NO3/c1-14(2)12-7-6-11(13(16)17-3)9-10(12)5-4-8-15/h4-9H,1-3H3/b5-4+. The first kappa shape index (κ1) is 13.0. The fourth-order valence-corrected chi connectivity index (χ4v) is 1.48. The van der Waals surface area contributed by atoms with Crippen molar-refractivity contribution in [2.45, 2.75) is 0 Å². The van der Waals surface area contributed by atoms with E-state index in [0.717, 1.165) is 11.3 Å². The summed E-state index contributed by atoms with van der Waals surface area (Å²) in [5.74, 6) is -0.393. The van der Waals surface area contributed by atoms with Crippen molar-refractivity contribution in [2.24, 2.45) is 0 Å². The molecule has 0 fully saturated rings. The molecule has 0 saturated heterocycles. The van der Waals surface area contributed by atoms with Gasteiger partial charge < -0.3 is 9.64 Å². The van der Waals surface area contributed by atoms with Crippen LogP contribution in [0.2, 0.25) is 0 Å². The normalized spacial score (nSPS) is 10.3. The Bertz CT molecular complexity index is 450. The topological polar surface area (TPSA) is 46.6 Å². The molecular formula is C13H15NO3. The Labute approximate surface area is 100 Å². The number of hydrogen-bond acceptors (Lipinski definition) is 4. The van der Waals surface area contributed by atoms with Gasteiger partial charge in [-0.3, -0.25) is 4.79 Å². The van der Waals surface area contributed by atoms with Crippen LogP contribution in [0, 0.1) is 0 Å². The molecule has 1 aromatic carbocycles. The van der Waals surface area contributed by atoms with Gasteiger partial charge in [0.25, 0.3) is 0 Å². The SMILES string of the molecule is COC(=O)c1ccc(N(C)C)c(/C=C/C=O)c1. The minimum atomic E-state index is -0.393. The van der Waals surface area contributed by atoms with Crippen LogP contribution in [0.1, 0.15) is 15.9 Å². The lowest BCUT2D eigenvalue weighted by atomic mass is 10.1. The van der Waals surface area contributed by atoms with Crippen LogP contribution < -0.4 is 4.90 Å². The second-order valence-corrected chi connectivity index (χ2v) is 3.65. The van der Waals surface area contributed by atoms with Crippen LogP contribution in [-0.4, -0.2) is 33.5 Å². The summed E-state index contributed by atoms with van der Waals surface area (Å²) in [6.45, 7) is 0. The van der Waals surface area contributed by atoms with E-state index in [1.54, 1.807) is 18.2 Å². The molecule has 0 aliphatic rings. The second kappa shape index (κ2) is 5.84. The van der Waals surface area contributed by atoms with Crippen LogP contribution in [0.4, 0.5) is 5.69 Å². The molecule has 0 unspecified atom stereocenters. The Hall–Kier alpha value is -2.10. The molecular weight excluding hydrogens is 218 g/mol. The van der Waals surface area contributed by atoms with Crippen molar-refractivity contribution >= 4 is 24.0 Å². The van der Waals surface area contributed by atoms with Gasteiger partial charge in [-0.05, 0) is 35.9 Å². The van der Waals surface area contributed by atoms with Gasteiger partial charge in [-0.15, -0.1) is 0 Å². The van der Waals surface area contributed by atoms with Gasteiger partial charge in [-0.1, -0.05) is 0 Å². The average molecular weight is 233 g/mol. The number of carbonyl (C=O) groups is 2. The quantitative estimate of drug-likeness (QED) is 0.451. The predicted molar refractivity (Wildman–Crippen MR) is 67.2 cm³/mol. The highest BCUT2D eigenvalue weighted by Crippen LogP contribution is 2.22. The van der Waals surface area contributed by atoms with Crippen LogP contribution in [0.15, 0.2) is 24.3 Å². The Balaban J connectivity index is 3.23. The minimum absolute atomic E-state index is 0.393. The molecule has 1 rings (SSSR count). The van der Waals surface area contributed by atoms with E-state index in [1.165, 1.54) is 13.2 Å². The van der Waals surface area contributed by atoms with Crippen LogP contribution in [0.5, 0.6) is 0 Å². The van der Waals surface area contributed by atoms with Crippen LogP contribution >= 0.6 is 0 Å². The van der Waals surface area contributed by atoms with Crippen LogP contribution in [0.25, 0.3) is 6.08 Å². The molecule has 4 heteroatoms. The van der Waals surface area contributed by atoms with E-state index >= 15 is 0 Å². The molecule has 0 bridgehead atoms. The van der Waals surface area contributed by atoms with Gasteiger partial charge in [0.2, 0.25) is 0 Å². The molecule has 0 spiro atoms. The molecule has 0 aromatic heterocycles. The highest BCUT2D eigenvalue weighted by Gasteiger charge is 2.09. The van der Waals surface area contributed by atoms with Gasteiger partial charge in [0, 0.05) is 19.8 Å². The number of methoxy groups -OCH3 is 1. The number of esters is 1. The molecule has 90 valence electrons. The predicted octanol–water partition coefficient (Wildman–Crippen LogP) is 1.75. The van der Waals surface area contributed by atoms with Gasteiger partial charge >= 0.3 is 5.97 Å². The molecule has 1 aromatic rings. The Kier molecular flexibility index (Phi) is 4.46. The van der Waals surface area contributed by atoms with E-state index in [2.05, 4.69) is 4.74 Å². The molecule has 0 aliphatic heterocycles. The Morgan fingerprint density at radius 2 is 2.06 bits per heavy atom. The van der Waals surface area contributed by atoms with Crippen molar-refractivity contribution in [1.29, 1.82) is 0 Å². The minimum Gasteiger partial charge on any atom is -0.465 e. The Morgan fingerprint density at radius 1 is 1.35 bits per heavy atom. The van der Waals surface area contributed by atoms with E-state index in [1.807, 2.05) is 25.1 Å². The van der Waals surface area contributed by atoms with E-state index in [-0.39, 0.29) is 0 Å². The van der Waals surface area contributed by atoms with Crippen LogP contribution in [-0.2, 0) is 9.53 Å². The van der Waals surface area contributed by atoms with Crippen molar-refractivity contribution in [3.63, 3.8) is 0 Å². The number of anilines is 1. The zero-order valence-electron chi connectivity index (χ0n) is 10.1. The number of ether oxygens (including phenoxy) is 1. The number of carbonyl (C=O) groups excluding carboxylic acids is 2. The summed E-state index contributed by atoms with van der Waals surface area (Å²) in [6.07, 6.45) is 3.75. The van der Waals surface area contributed by atoms with Gasteiger partial charge in [-0.2, -0.15) is 0 Å². The Morgan fingerprint density at radius 3 is 2.59 bits per heavy atom.